The Bertz CT molecular complexity index is 579. The molecule has 5 heteroatoms. The second kappa shape index (κ2) is 8.96. The van der Waals surface area contributed by atoms with Crippen LogP contribution in [0.5, 0.6) is 0 Å². The highest BCUT2D eigenvalue weighted by molar-refractivity contribution is 5.84. The third-order valence-corrected chi connectivity index (χ3v) is 6.14. The van der Waals surface area contributed by atoms with E-state index in [1.165, 1.54) is 0 Å². The fourth-order valence-corrected chi connectivity index (χ4v) is 4.34. The Labute approximate surface area is 155 Å². The average molecular weight is 364 g/mol. The first-order chi connectivity index (χ1) is 12.3. The molecule has 2 aliphatic carbocycles. The van der Waals surface area contributed by atoms with Gasteiger partial charge in [-0.05, 0) is 25.7 Å². The van der Waals surface area contributed by atoms with Crippen molar-refractivity contribution in [3.63, 3.8) is 0 Å². The molecule has 26 heavy (non-hydrogen) atoms. The van der Waals surface area contributed by atoms with Gasteiger partial charge in [0, 0.05) is 30.1 Å². The summed E-state index contributed by atoms with van der Waals surface area (Å²) in [7, 11) is 0. The molecule has 0 aliphatic heterocycles. The zero-order valence-electron chi connectivity index (χ0n) is 15.9. The number of unbranched alkanes of at least 4 members (excludes halogenated alkanes) is 1. The SMILES string of the molecule is CCCCC1(C)/C(CCCC(=O)O)=C/C[C@H]2C(=O)C[C@@H](O)[C@@H]2/C=C/[C@H]1O. The topological polar surface area (TPSA) is 94.8 Å². The van der Waals surface area contributed by atoms with Crippen molar-refractivity contribution < 1.29 is 24.9 Å². The Morgan fingerprint density at radius 3 is 2.65 bits per heavy atom. The van der Waals surface area contributed by atoms with Gasteiger partial charge in [-0.25, -0.2) is 0 Å². The minimum Gasteiger partial charge on any atom is -0.481 e. The summed E-state index contributed by atoms with van der Waals surface area (Å²) in [5.74, 6) is -1.25. The van der Waals surface area contributed by atoms with Gasteiger partial charge in [-0.3, -0.25) is 9.59 Å². The Balaban J connectivity index is 2.33. The fraction of sp³-hybridized carbons (Fsp3) is 0.714. The van der Waals surface area contributed by atoms with Gasteiger partial charge in [-0.2, -0.15) is 0 Å². The van der Waals surface area contributed by atoms with Crippen molar-refractivity contribution >= 4 is 11.8 Å². The molecular weight excluding hydrogens is 332 g/mol. The number of carboxylic acids is 1. The van der Waals surface area contributed by atoms with Gasteiger partial charge < -0.3 is 15.3 Å². The van der Waals surface area contributed by atoms with Crippen LogP contribution in [-0.2, 0) is 9.59 Å². The van der Waals surface area contributed by atoms with Gasteiger partial charge in [0.25, 0.3) is 0 Å². The van der Waals surface area contributed by atoms with E-state index < -0.39 is 23.6 Å². The van der Waals surface area contributed by atoms with Crippen LogP contribution in [0.15, 0.2) is 23.8 Å². The molecule has 0 aromatic rings. The van der Waals surface area contributed by atoms with Gasteiger partial charge in [-0.1, -0.05) is 50.5 Å². The molecule has 1 saturated carbocycles. The second-order valence-corrected chi connectivity index (χ2v) is 7.98. The Hall–Kier alpha value is -1.46. The van der Waals surface area contributed by atoms with E-state index in [9.17, 15) is 19.8 Å². The maximum atomic E-state index is 12.3. The number of allylic oxidation sites excluding steroid dienone is 1. The molecule has 2 aliphatic rings. The predicted molar refractivity (Wildman–Crippen MR) is 99.6 cm³/mol. The summed E-state index contributed by atoms with van der Waals surface area (Å²) in [5.41, 5.74) is 0.566. The molecule has 0 radical (unpaired) electrons. The van der Waals surface area contributed by atoms with Gasteiger partial charge in [0.1, 0.15) is 5.78 Å². The van der Waals surface area contributed by atoms with Gasteiger partial charge >= 0.3 is 5.97 Å². The Morgan fingerprint density at radius 1 is 1.27 bits per heavy atom. The summed E-state index contributed by atoms with van der Waals surface area (Å²) in [5, 5.41) is 30.1. The minimum atomic E-state index is -0.821. The van der Waals surface area contributed by atoms with Crippen LogP contribution in [0, 0.1) is 17.3 Å². The highest BCUT2D eigenvalue weighted by Crippen LogP contribution is 2.43. The van der Waals surface area contributed by atoms with E-state index in [0.717, 1.165) is 24.8 Å². The lowest BCUT2D eigenvalue weighted by molar-refractivity contribution is -0.137. The molecule has 0 spiro atoms. The molecule has 3 N–H and O–H groups in total. The summed E-state index contributed by atoms with van der Waals surface area (Å²) >= 11 is 0. The molecule has 5 nitrogen and oxygen atoms in total. The number of aliphatic hydroxyl groups excluding tert-OH is 2. The van der Waals surface area contributed by atoms with Crippen LogP contribution in [0.1, 0.15) is 65.2 Å². The lowest BCUT2D eigenvalue weighted by Gasteiger charge is -2.36. The summed E-state index contributed by atoms with van der Waals surface area (Å²) in [6, 6.07) is 0. The van der Waals surface area contributed by atoms with Crippen LogP contribution in [0.4, 0.5) is 0 Å². The number of hydrogen-bond donors (Lipinski definition) is 3. The summed E-state index contributed by atoms with van der Waals surface area (Å²) < 4.78 is 0. The molecule has 2 rings (SSSR count). The number of carboxylic acid groups (broad SMARTS) is 1. The number of carbonyl (C=O) groups is 2. The number of carbonyl (C=O) groups excluding carboxylic acids is 1. The third kappa shape index (κ3) is 4.63. The van der Waals surface area contributed by atoms with Crippen LogP contribution < -0.4 is 0 Å². The second-order valence-electron chi connectivity index (χ2n) is 7.98. The summed E-state index contributed by atoms with van der Waals surface area (Å²) in [6.45, 7) is 4.14. The van der Waals surface area contributed by atoms with Crippen LogP contribution >= 0.6 is 0 Å². The molecule has 0 bridgehead atoms. The number of ketones is 1. The first-order valence-corrected chi connectivity index (χ1v) is 9.78. The number of Topliss-reactive ketones (excluding diaryl/α,β-unsaturated/α-hetero) is 1. The number of hydrogen-bond acceptors (Lipinski definition) is 4. The first kappa shape index (κ1) is 20.8. The lowest BCUT2D eigenvalue weighted by atomic mass is 9.71. The van der Waals surface area contributed by atoms with Crippen molar-refractivity contribution in [2.24, 2.45) is 17.3 Å². The van der Waals surface area contributed by atoms with E-state index in [2.05, 4.69) is 6.92 Å². The van der Waals surface area contributed by atoms with E-state index in [1.807, 2.05) is 19.1 Å². The number of aliphatic carboxylic acids is 1. The highest BCUT2D eigenvalue weighted by atomic mass is 16.4. The molecule has 1 fully saturated rings. The average Bonchev–Trinajstić information content (AvgIpc) is 2.87. The van der Waals surface area contributed by atoms with Crippen molar-refractivity contribution in [3.8, 4) is 0 Å². The van der Waals surface area contributed by atoms with E-state index in [1.54, 1.807) is 6.08 Å². The third-order valence-electron chi connectivity index (χ3n) is 6.14. The van der Waals surface area contributed by atoms with Gasteiger partial charge in [-0.15, -0.1) is 0 Å². The van der Waals surface area contributed by atoms with Gasteiger partial charge in [0.15, 0.2) is 0 Å². The number of rotatable bonds is 7. The van der Waals surface area contributed by atoms with Crippen LogP contribution in [0.2, 0.25) is 0 Å². The summed E-state index contributed by atoms with van der Waals surface area (Å²) in [6.07, 6.45) is 8.92. The number of fused-ring (bicyclic) bond motifs is 1. The molecule has 1 unspecified atom stereocenters. The smallest absolute Gasteiger partial charge is 0.303 e. The van der Waals surface area contributed by atoms with Crippen molar-refractivity contribution in [2.45, 2.75) is 77.4 Å². The predicted octanol–water partition coefficient (Wildman–Crippen LogP) is 3.25. The monoisotopic (exact) mass is 364 g/mol. The molecule has 0 aromatic carbocycles. The van der Waals surface area contributed by atoms with E-state index >= 15 is 0 Å². The highest BCUT2D eigenvalue weighted by Gasteiger charge is 2.42. The molecule has 5 atom stereocenters. The Morgan fingerprint density at radius 2 is 2.00 bits per heavy atom. The zero-order chi connectivity index (χ0) is 19.3. The van der Waals surface area contributed by atoms with Crippen molar-refractivity contribution in [3.05, 3.63) is 23.8 Å². The molecule has 146 valence electrons. The van der Waals surface area contributed by atoms with E-state index in [-0.39, 0.29) is 30.5 Å². The minimum absolute atomic E-state index is 0.0694. The van der Waals surface area contributed by atoms with E-state index in [0.29, 0.717) is 19.3 Å². The van der Waals surface area contributed by atoms with Gasteiger partial charge in [0.05, 0.1) is 12.2 Å². The van der Waals surface area contributed by atoms with Crippen LogP contribution in [0.25, 0.3) is 0 Å². The maximum Gasteiger partial charge on any atom is 0.303 e. The van der Waals surface area contributed by atoms with Crippen LogP contribution in [0.3, 0.4) is 0 Å². The van der Waals surface area contributed by atoms with E-state index in [4.69, 9.17) is 5.11 Å². The molecular formula is C21H32O5. The first-order valence-electron chi connectivity index (χ1n) is 9.78. The molecule has 0 amide bonds. The normalized spacial score (nSPS) is 37.8. The van der Waals surface area contributed by atoms with Gasteiger partial charge in [0.2, 0.25) is 0 Å². The van der Waals surface area contributed by atoms with Crippen molar-refractivity contribution in [2.75, 3.05) is 0 Å². The molecule has 0 saturated heterocycles. The fourth-order valence-electron chi connectivity index (χ4n) is 4.34. The Kier molecular flexibility index (Phi) is 7.18. The summed E-state index contributed by atoms with van der Waals surface area (Å²) in [4.78, 5) is 23.2. The molecule has 0 aromatic heterocycles. The van der Waals surface area contributed by atoms with Crippen molar-refractivity contribution in [1.29, 1.82) is 0 Å². The molecule has 0 heterocycles. The zero-order valence-corrected chi connectivity index (χ0v) is 15.9. The quantitative estimate of drug-likeness (QED) is 0.603. The lowest BCUT2D eigenvalue weighted by Crippen LogP contribution is -2.33. The number of aliphatic hydroxyl groups is 2. The maximum absolute atomic E-state index is 12.3. The van der Waals surface area contributed by atoms with Crippen molar-refractivity contribution in [1.82, 2.24) is 0 Å². The largest absolute Gasteiger partial charge is 0.481 e. The standard InChI is InChI=1S/C21H32O5/c1-3-4-12-21(2)14(6-5-7-20(25)26)8-9-15-16(10-11-19(21)24)18(23)13-17(15)22/h8,10-11,15-16,18-19,23-24H,3-7,9,12-13H2,1-2H3,(H,25,26)/b11-10+,14-8+/t15-,16-,18-,19-,21?/m1/s1. The van der Waals surface area contributed by atoms with Crippen LogP contribution in [-0.4, -0.2) is 39.3 Å².